The zero-order valence-electron chi connectivity index (χ0n) is 10.5. The Bertz CT molecular complexity index is 490. The highest BCUT2D eigenvalue weighted by Crippen LogP contribution is 2.37. The molecule has 1 atom stereocenters. The van der Waals surface area contributed by atoms with Crippen molar-refractivity contribution in [2.24, 2.45) is 0 Å². The first-order valence-corrected chi connectivity index (χ1v) is 6.84. The summed E-state index contributed by atoms with van der Waals surface area (Å²) in [7, 11) is 0. The number of hydrogen-bond donors (Lipinski definition) is 1. The second-order valence-corrected chi connectivity index (χ2v) is 4.97. The quantitative estimate of drug-likeness (QED) is 0.923. The van der Waals surface area contributed by atoms with E-state index in [-0.39, 0.29) is 6.10 Å². The Morgan fingerprint density at radius 2 is 2.00 bits per heavy atom. The maximum atomic E-state index is 6.23. The SMILES string of the molecule is Clc1cc2c(cc1NCC1CCC=CO1)OCCO2. The third-order valence-corrected chi connectivity index (χ3v) is 3.49. The Labute approximate surface area is 117 Å². The number of nitrogens with one attached hydrogen (secondary N) is 1. The van der Waals surface area contributed by atoms with Gasteiger partial charge in [-0.3, -0.25) is 0 Å². The molecular weight excluding hydrogens is 266 g/mol. The van der Waals surface area contributed by atoms with Gasteiger partial charge in [0.15, 0.2) is 11.5 Å². The van der Waals surface area contributed by atoms with Gasteiger partial charge in [0, 0.05) is 12.1 Å². The van der Waals surface area contributed by atoms with Gasteiger partial charge >= 0.3 is 0 Å². The van der Waals surface area contributed by atoms with Crippen molar-refractivity contribution in [3.05, 3.63) is 29.5 Å². The second-order valence-electron chi connectivity index (χ2n) is 4.56. The lowest BCUT2D eigenvalue weighted by atomic mass is 10.1. The molecule has 0 aliphatic carbocycles. The normalized spacial score (nSPS) is 20.8. The minimum absolute atomic E-state index is 0.189. The molecule has 0 radical (unpaired) electrons. The van der Waals surface area contributed by atoms with Crippen molar-refractivity contribution in [2.45, 2.75) is 18.9 Å². The lowest BCUT2D eigenvalue weighted by Crippen LogP contribution is -2.23. The van der Waals surface area contributed by atoms with Crippen molar-refractivity contribution in [3.8, 4) is 11.5 Å². The monoisotopic (exact) mass is 281 g/mol. The number of ether oxygens (including phenoxy) is 3. The zero-order valence-corrected chi connectivity index (χ0v) is 11.3. The molecule has 0 saturated carbocycles. The topological polar surface area (TPSA) is 39.7 Å². The molecule has 102 valence electrons. The smallest absolute Gasteiger partial charge is 0.163 e. The Kier molecular flexibility index (Phi) is 3.69. The zero-order chi connectivity index (χ0) is 13.1. The van der Waals surface area contributed by atoms with Gasteiger partial charge in [0.25, 0.3) is 0 Å². The molecule has 3 rings (SSSR count). The summed E-state index contributed by atoms with van der Waals surface area (Å²) in [5.41, 5.74) is 0.851. The molecule has 19 heavy (non-hydrogen) atoms. The van der Waals surface area contributed by atoms with Crippen LogP contribution in [0.25, 0.3) is 0 Å². The first-order valence-electron chi connectivity index (χ1n) is 6.46. The van der Waals surface area contributed by atoms with E-state index < -0.39 is 0 Å². The number of rotatable bonds is 3. The lowest BCUT2D eigenvalue weighted by Gasteiger charge is -2.22. The summed E-state index contributed by atoms with van der Waals surface area (Å²) in [6.45, 7) is 1.87. The molecule has 2 aliphatic rings. The Morgan fingerprint density at radius 1 is 1.21 bits per heavy atom. The average molecular weight is 282 g/mol. The fourth-order valence-electron chi connectivity index (χ4n) is 2.16. The third kappa shape index (κ3) is 2.89. The van der Waals surface area contributed by atoms with Gasteiger partial charge in [-0.15, -0.1) is 0 Å². The Hall–Kier alpha value is -1.55. The molecule has 1 aromatic rings. The summed E-state index contributed by atoms with van der Waals surface area (Å²) in [5, 5.41) is 3.94. The van der Waals surface area contributed by atoms with Gasteiger partial charge in [0.1, 0.15) is 19.3 Å². The van der Waals surface area contributed by atoms with Crippen molar-refractivity contribution < 1.29 is 14.2 Å². The number of hydrogen-bond acceptors (Lipinski definition) is 4. The highest BCUT2D eigenvalue weighted by atomic mass is 35.5. The second kappa shape index (κ2) is 5.61. The van der Waals surface area contributed by atoms with Crippen molar-refractivity contribution in [1.82, 2.24) is 0 Å². The molecular formula is C14H16ClNO3. The molecule has 0 bridgehead atoms. The predicted octanol–water partition coefficient (Wildman–Crippen LogP) is 3.22. The summed E-state index contributed by atoms with van der Waals surface area (Å²) in [5.74, 6) is 1.45. The van der Waals surface area contributed by atoms with Crippen molar-refractivity contribution >= 4 is 17.3 Å². The van der Waals surface area contributed by atoms with Crippen LogP contribution in [-0.2, 0) is 4.74 Å². The third-order valence-electron chi connectivity index (χ3n) is 3.17. The standard InChI is InChI=1S/C14H16ClNO3/c15-11-7-13-14(19-6-5-18-13)8-12(11)16-9-10-3-1-2-4-17-10/h2,4,7-8,10,16H,1,3,5-6,9H2. The molecule has 1 aromatic carbocycles. The maximum Gasteiger partial charge on any atom is 0.163 e. The van der Waals surface area contributed by atoms with Gasteiger partial charge in [0.2, 0.25) is 0 Å². The van der Waals surface area contributed by atoms with Crippen LogP contribution in [0.3, 0.4) is 0 Å². The van der Waals surface area contributed by atoms with E-state index in [0.29, 0.717) is 24.0 Å². The number of anilines is 1. The summed E-state index contributed by atoms with van der Waals surface area (Å²) in [4.78, 5) is 0. The van der Waals surface area contributed by atoms with E-state index in [4.69, 9.17) is 25.8 Å². The Morgan fingerprint density at radius 3 is 2.74 bits per heavy atom. The van der Waals surface area contributed by atoms with Crippen LogP contribution in [0.2, 0.25) is 5.02 Å². The molecule has 1 N–H and O–H groups in total. The largest absolute Gasteiger partial charge is 0.497 e. The molecule has 0 amide bonds. The van der Waals surface area contributed by atoms with E-state index in [2.05, 4.69) is 5.32 Å². The van der Waals surface area contributed by atoms with Gasteiger partial charge < -0.3 is 19.5 Å². The fourth-order valence-corrected chi connectivity index (χ4v) is 2.38. The molecule has 0 fully saturated rings. The highest BCUT2D eigenvalue weighted by molar-refractivity contribution is 6.33. The molecule has 2 heterocycles. The van der Waals surface area contributed by atoms with E-state index in [9.17, 15) is 0 Å². The van der Waals surface area contributed by atoms with Crippen molar-refractivity contribution in [3.63, 3.8) is 0 Å². The molecule has 4 nitrogen and oxygen atoms in total. The van der Waals surface area contributed by atoms with E-state index >= 15 is 0 Å². The summed E-state index contributed by atoms with van der Waals surface area (Å²) in [6, 6.07) is 3.68. The van der Waals surface area contributed by atoms with Crippen molar-refractivity contribution in [2.75, 3.05) is 25.1 Å². The Balaban J connectivity index is 1.68. The van der Waals surface area contributed by atoms with Crippen LogP contribution in [0.15, 0.2) is 24.5 Å². The van der Waals surface area contributed by atoms with E-state index in [1.165, 1.54) is 0 Å². The summed E-state index contributed by atoms with van der Waals surface area (Å²) >= 11 is 6.23. The highest BCUT2D eigenvalue weighted by Gasteiger charge is 2.16. The summed E-state index contributed by atoms with van der Waals surface area (Å²) in [6.07, 6.45) is 6.07. The van der Waals surface area contributed by atoms with E-state index in [1.54, 1.807) is 12.3 Å². The number of fused-ring (bicyclic) bond motifs is 1. The van der Waals surface area contributed by atoms with Crippen LogP contribution in [0.1, 0.15) is 12.8 Å². The van der Waals surface area contributed by atoms with Gasteiger partial charge in [-0.1, -0.05) is 11.6 Å². The minimum atomic E-state index is 0.189. The van der Waals surface area contributed by atoms with Crippen LogP contribution in [0.5, 0.6) is 11.5 Å². The van der Waals surface area contributed by atoms with Crippen LogP contribution >= 0.6 is 11.6 Å². The van der Waals surface area contributed by atoms with Crippen LogP contribution in [-0.4, -0.2) is 25.9 Å². The van der Waals surface area contributed by atoms with Crippen LogP contribution in [0, 0.1) is 0 Å². The maximum absolute atomic E-state index is 6.23. The number of allylic oxidation sites excluding steroid dienone is 1. The van der Waals surface area contributed by atoms with Crippen LogP contribution in [0.4, 0.5) is 5.69 Å². The molecule has 1 unspecified atom stereocenters. The molecule has 0 aromatic heterocycles. The van der Waals surface area contributed by atoms with Gasteiger partial charge in [-0.25, -0.2) is 0 Å². The number of benzene rings is 1. The molecule has 0 saturated heterocycles. The molecule has 2 aliphatic heterocycles. The number of halogens is 1. The minimum Gasteiger partial charge on any atom is -0.497 e. The van der Waals surface area contributed by atoms with Gasteiger partial charge in [-0.2, -0.15) is 0 Å². The van der Waals surface area contributed by atoms with Crippen LogP contribution < -0.4 is 14.8 Å². The molecule has 5 heteroatoms. The predicted molar refractivity (Wildman–Crippen MR) is 74.2 cm³/mol. The lowest BCUT2D eigenvalue weighted by molar-refractivity contribution is 0.135. The van der Waals surface area contributed by atoms with Crippen molar-refractivity contribution in [1.29, 1.82) is 0 Å². The van der Waals surface area contributed by atoms with Gasteiger partial charge in [-0.05, 0) is 18.9 Å². The first kappa shape index (κ1) is 12.5. The molecule has 0 spiro atoms. The van der Waals surface area contributed by atoms with E-state index in [1.807, 2.05) is 12.1 Å². The fraction of sp³-hybridized carbons (Fsp3) is 0.429. The summed E-state index contributed by atoms with van der Waals surface area (Å²) < 4.78 is 16.5. The van der Waals surface area contributed by atoms with E-state index in [0.717, 1.165) is 30.8 Å². The van der Waals surface area contributed by atoms with Gasteiger partial charge in [0.05, 0.1) is 23.5 Å². The average Bonchev–Trinajstić information content (AvgIpc) is 2.46. The first-order chi connectivity index (χ1) is 9.33.